The van der Waals surface area contributed by atoms with Crippen molar-refractivity contribution in [1.82, 2.24) is 9.66 Å². The first-order chi connectivity index (χ1) is 20.7. The Kier molecular flexibility index (Phi) is 9.40. The molecule has 0 aliphatic rings. The van der Waals surface area contributed by atoms with Crippen LogP contribution in [0.2, 0.25) is 15.1 Å². The van der Waals surface area contributed by atoms with E-state index in [1.807, 2.05) is 50.2 Å². The highest BCUT2D eigenvalue weighted by Gasteiger charge is 2.19. The molecular weight excluding hydrogens is 605 g/mol. The van der Waals surface area contributed by atoms with Gasteiger partial charge in [0.05, 0.1) is 33.8 Å². The number of benzene rings is 4. The Balaban J connectivity index is 1.56. The van der Waals surface area contributed by atoms with Crippen LogP contribution in [0.1, 0.15) is 48.9 Å². The lowest BCUT2D eigenvalue weighted by molar-refractivity contribution is 0.306. The summed E-state index contributed by atoms with van der Waals surface area (Å²) in [6, 6.07) is 22.0. The summed E-state index contributed by atoms with van der Waals surface area (Å²) < 4.78 is 13.1. The van der Waals surface area contributed by atoms with Crippen molar-refractivity contribution in [2.45, 2.75) is 40.2 Å². The van der Waals surface area contributed by atoms with Crippen molar-refractivity contribution < 1.29 is 9.47 Å². The van der Waals surface area contributed by atoms with Crippen molar-refractivity contribution in [3.05, 3.63) is 120 Å². The van der Waals surface area contributed by atoms with E-state index in [0.717, 1.165) is 28.0 Å². The van der Waals surface area contributed by atoms with Crippen LogP contribution in [-0.4, -0.2) is 22.5 Å². The minimum absolute atomic E-state index is 0.190. The third-order valence-corrected chi connectivity index (χ3v) is 7.73. The highest BCUT2D eigenvalue weighted by atomic mass is 35.5. The van der Waals surface area contributed by atoms with Crippen LogP contribution in [0.5, 0.6) is 11.5 Å². The molecule has 0 N–H and O–H groups in total. The number of fused-ring (bicyclic) bond motifs is 1. The number of ether oxygens (including phenoxy) is 2. The molecule has 6 nitrogen and oxygen atoms in total. The first kappa shape index (κ1) is 30.6. The van der Waals surface area contributed by atoms with Gasteiger partial charge in [0.25, 0.3) is 5.56 Å². The van der Waals surface area contributed by atoms with Gasteiger partial charge in [-0.2, -0.15) is 9.78 Å². The number of nitrogens with zero attached hydrogens (tertiary/aromatic N) is 3. The lowest BCUT2D eigenvalue weighted by Gasteiger charge is -2.18. The van der Waals surface area contributed by atoms with Gasteiger partial charge in [0.2, 0.25) is 0 Å². The molecule has 0 atom stereocenters. The molecule has 0 unspecified atom stereocenters. The summed E-state index contributed by atoms with van der Waals surface area (Å²) in [4.78, 5) is 18.7. The molecule has 5 aromatic rings. The van der Waals surface area contributed by atoms with E-state index in [9.17, 15) is 4.79 Å². The van der Waals surface area contributed by atoms with Crippen LogP contribution in [0.15, 0.2) is 82.7 Å². The SMILES string of the molecule is CCOc1cc(C)c(-c2nc3ccccc3c(=O)n2N=Cc2cc(Cl)c(OCc3ccc(Cl)cc3)c(Cl)c2)cc1C(C)C. The Bertz CT molecular complexity index is 1860. The Labute approximate surface area is 265 Å². The van der Waals surface area contributed by atoms with Crippen LogP contribution in [0, 0.1) is 6.92 Å². The van der Waals surface area contributed by atoms with E-state index < -0.39 is 0 Å². The highest BCUT2D eigenvalue weighted by Crippen LogP contribution is 2.36. The third-order valence-electron chi connectivity index (χ3n) is 6.91. The quantitative estimate of drug-likeness (QED) is 0.152. The van der Waals surface area contributed by atoms with E-state index in [2.05, 4.69) is 18.9 Å². The molecule has 0 aliphatic heterocycles. The number of hydrogen-bond donors (Lipinski definition) is 0. The van der Waals surface area contributed by atoms with E-state index in [1.54, 1.807) is 36.4 Å². The summed E-state index contributed by atoms with van der Waals surface area (Å²) in [7, 11) is 0. The second-order valence-corrected chi connectivity index (χ2v) is 11.6. The molecule has 4 aromatic carbocycles. The van der Waals surface area contributed by atoms with Gasteiger partial charge < -0.3 is 9.47 Å². The molecule has 43 heavy (non-hydrogen) atoms. The van der Waals surface area contributed by atoms with Crippen LogP contribution in [0.25, 0.3) is 22.3 Å². The average molecular weight is 635 g/mol. The number of rotatable bonds is 9. The van der Waals surface area contributed by atoms with Crippen molar-refractivity contribution in [2.75, 3.05) is 6.61 Å². The molecule has 1 heterocycles. The molecule has 9 heteroatoms. The van der Waals surface area contributed by atoms with Gasteiger partial charge in [-0.15, -0.1) is 0 Å². The zero-order chi connectivity index (χ0) is 30.7. The Morgan fingerprint density at radius 1 is 0.953 bits per heavy atom. The Morgan fingerprint density at radius 2 is 1.65 bits per heavy atom. The molecule has 5 rings (SSSR count). The zero-order valence-electron chi connectivity index (χ0n) is 24.2. The van der Waals surface area contributed by atoms with Crippen LogP contribution in [0.4, 0.5) is 0 Å². The fourth-order valence-corrected chi connectivity index (χ4v) is 5.47. The van der Waals surface area contributed by atoms with Gasteiger partial charge in [-0.3, -0.25) is 4.79 Å². The Morgan fingerprint density at radius 3 is 2.33 bits per heavy atom. The standard InChI is InChI=1S/C34H30Cl3N3O3/c1-5-42-31-14-21(4)27(17-26(31)20(2)3)33-39-30-9-7-6-8-25(30)34(41)40(33)38-18-23-15-28(36)32(29(37)16-23)43-19-22-10-12-24(35)13-11-22/h6-18,20H,5,19H2,1-4H3. The van der Waals surface area contributed by atoms with Gasteiger partial charge in [-0.1, -0.05) is 72.9 Å². The lowest BCUT2D eigenvalue weighted by Crippen LogP contribution is -2.21. The zero-order valence-corrected chi connectivity index (χ0v) is 26.5. The fourth-order valence-electron chi connectivity index (χ4n) is 4.73. The van der Waals surface area contributed by atoms with E-state index >= 15 is 0 Å². The second-order valence-electron chi connectivity index (χ2n) is 10.3. The van der Waals surface area contributed by atoms with Crippen molar-refractivity contribution >= 4 is 51.9 Å². The third kappa shape index (κ3) is 6.72. The smallest absolute Gasteiger partial charge is 0.282 e. The average Bonchev–Trinajstić information content (AvgIpc) is 2.97. The predicted molar refractivity (Wildman–Crippen MR) is 177 cm³/mol. The van der Waals surface area contributed by atoms with Crippen LogP contribution >= 0.6 is 34.8 Å². The molecule has 0 amide bonds. The number of aryl methyl sites for hydroxylation is 1. The highest BCUT2D eigenvalue weighted by molar-refractivity contribution is 6.37. The number of hydrogen-bond acceptors (Lipinski definition) is 5. The summed E-state index contributed by atoms with van der Waals surface area (Å²) in [6.07, 6.45) is 1.54. The van der Waals surface area contributed by atoms with Crippen molar-refractivity contribution in [3.63, 3.8) is 0 Å². The number of halogens is 3. The van der Waals surface area contributed by atoms with E-state index in [1.165, 1.54) is 10.9 Å². The molecule has 1 aromatic heterocycles. The monoisotopic (exact) mass is 633 g/mol. The molecule has 0 saturated carbocycles. The van der Waals surface area contributed by atoms with Gasteiger partial charge in [0, 0.05) is 10.6 Å². The van der Waals surface area contributed by atoms with Gasteiger partial charge in [-0.25, -0.2) is 4.98 Å². The fraction of sp³-hybridized carbons (Fsp3) is 0.206. The number of para-hydroxylation sites is 1. The van der Waals surface area contributed by atoms with Crippen LogP contribution in [-0.2, 0) is 6.61 Å². The lowest BCUT2D eigenvalue weighted by atomic mass is 9.96. The molecule has 0 radical (unpaired) electrons. The summed E-state index contributed by atoms with van der Waals surface area (Å²) in [6.45, 7) is 8.96. The summed E-state index contributed by atoms with van der Waals surface area (Å²) in [5.74, 6) is 1.78. The molecular formula is C34H30Cl3N3O3. The van der Waals surface area contributed by atoms with Crippen molar-refractivity contribution in [1.29, 1.82) is 0 Å². The first-order valence-electron chi connectivity index (χ1n) is 13.9. The Hall–Kier alpha value is -3.84. The maximum absolute atomic E-state index is 13.8. The van der Waals surface area contributed by atoms with Gasteiger partial charge in [0.15, 0.2) is 11.6 Å². The van der Waals surface area contributed by atoms with Gasteiger partial charge in [-0.05, 0) is 90.6 Å². The molecule has 0 aliphatic carbocycles. The predicted octanol–water partition coefficient (Wildman–Crippen LogP) is 9.32. The van der Waals surface area contributed by atoms with Crippen molar-refractivity contribution in [2.24, 2.45) is 5.10 Å². The minimum atomic E-state index is -0.295. The largest absolute Gasteiger partial charge is 0.494 e. The second kappa shape index (κ2) is 13.2. The minimum Gasteiger partial charge on any atom is -0.494 e. The van der Waals surface area contributed by atoms with Crippen molar-refractivity contribution in [3.8, 4) is 22.9 Å². The number of aromatic nitrogens is 2. The first-order valence-corrected chi connectivity index (χ1v) is 15.0. The van der Waals surface area contributed by atoms with Gasteiger partial charge >= 0.3 is 0 Å². The molecule has 0 bridgehead atoms. The maximum Gasteiger partial charge on any atom is 0.282 e. The van der Waals surface area contributed by atoms with Gasteiger partial charge in [0.1, 0.15) is 12.4 Å². The maximum atomic E-state index is 13.8. The summed E-state index contributed by atoms with van der Waals surface area (Å²) >= 11 is 19.1. The normalized spacial score (nSPS) is 11.5. The molecule has 220 valence electrons. The summed E-state index contributed by atoms with van der Waals surface area (Å²) in [5, 5.41) is 6.34. The molecule has 0 fully saturated rings. The van der Waals surface area contributed by atoms with Crippen LogP contribution in [0.3, 0.4) is 0 Å². The molecule has 0 saturated heterocycles. The topological polar surface area (TPSA) is 65.7 Å². The van der Waals surface area contributed by atoms with E-state index in [-0.39, 0.29) is 18.1 Å². The molecule has 0 spiro atoms. The van der Waals surface area contributed by atoms with Crippen LogP contribution < -0.4 is 15.0 Å². The van der Waals surface area contributed by atoms with E-state index in [4.69, 9.17) is 49.3 Å². The van der Waals surface area contributed by atoms with E-state index in [0.29, 0.717) is 49.7 Å². The summed E-state index contributed by atoms with van der Waals surface area (Å²) in [5.41, 5.74) is 4.52.